The van der Waals surface area contributed by atoms with E-state index in [-0.39, 0.29) is 11.9 Å². The molecule has 0 aromatic heterocycles. The lowest BCUT2D eigenvalue weighted by Crippen LogP contribution is -2.48. The lowest BCUT2D eigenvalue weighted by molar-refractivity contribution is 0.0725. The highest BCUT2D eigenvalue weighted by molar-refractivity contribution is 5.47. The molecule has 0 saturated carbocycles. The van der Waals surface area contributed by atoms with Crippen LogP contribution in [0.15, 0.2) is 12.1 Å². The average molecular weight is 309 g/mol. The minimum atomic E-state index is -0.293. The van der Waals surface area contributed by atoms with E-state index in [0.29, 0.717) is 18.4 Å². The van der Waals surface area contributed by atoms with Gasteiger partial charge in [0.25, 0.3) is 0 Å². The van der Waals surface area contributed by atoms with E-state index in [1.54, 1.807) is 13.2 Å². The zero-order valence-corrected chi connectivity index (χ0v) is 14.2. The minimum absolute atomic E-state index is 0.285. The van der Waals surface area contributed by atoms with Crippen LogP contribution in [0.25, 0.3) is 0 Å². The number of fused-ring (bicyclic) bond motifs is 1. The molecule has 1 atom stereocenters. The van der Waals surface area contributed by atoms with E-state index in [0.717, 1.165) is 43.5 Å². The van der Waals surface area contributed by atoms with Crippen LogP contribution >= 0.6 is 0 Å². The van der Waals surface area contributed by atoms with Gasteiger partial charge in [0.05, 0.1) is 7.11 Å². The van der Waals surface area contributed by atoms with E-state index < -0.39 is 0 Å². The topological polar surface area (TPSA) is 21.7 Å². The van der Waals surface area contributed by atoms with Crippen LogP contribution < -0.4 is 9.47 Å². The molecule has 0 saturated heterocycles. The summed E-state index contributed by atoms with van der Waals surface area (Å²) in [5.41, 5.74) is 0.866. The molecule has 1 aliphatic rings. The molecule has 0 unspecified atom stereocenters. The maximum Gasteiger partial charge on any atom is 0.165 e. The molecule has 22 heavy (non-hydrogen) atoms. The molecule has 2 rings (SSSR count). The third kappa shape index (κ3) is 3.37. The first kappa shape index (κ1) is 17.1. The summed E-state index contributed by atoms with van der Waals surface area (Å²) in [5.74, 6) is 0.803. The van der Waals surface area contributed by atoms with Crippen molar-refractivity contribution in [2.45, 2.75) is 58.5 Å². The van der Waals surface area contributed by atoms with E-state index in [9.17, 15) is 4.39 Å². The number of hydrogen-bond acceptors (Lipinski definition) is 3. The zero-order chi connectivity index (χ0) is 16.1. The molecule has 1 aromatic rings. The Balaban J connectivity index is 2.27. The molecule has 4 heteroatoms. The Bertz CT molecular complexity index is 488. The molecule has 0 aliphatic carbocycles. The molecule has 0 bridgehead atoms. The lowest BCUT2D eigenvalue weighted by Gasteiger charge is -2.40. The van der Waals surface area contributed by atoms with Crippen LogP contribution in [0.4, 0.5) is 4.39 Å². The van der Waals surface area contributed by atoms with Crippen LogP contribution in [0, 0.1) is 5.82 Å². The van der Waals surface area contributed by atoms with Gasteiger partial charge in [0.1, 0.15) is 12.4 Å². The van der Waals surface area contributed by atoms with Gasteiger partial charge >= 0.3 is 0 Å². The van der Waals surface area contributed by atoms with E-state index in [1.807, 2.05) is 0 Å². The molecule has 0 N–H and O–H groups in total. The molecule has 0 fully saturated rings. The molecular weight excluding hydrogens is 281 g/mol. The Labute approximate surface area is 133 Å². The summed E-state index contributed by atoms with van der Waals surface area (Å²) < 4.78 is 25.1. The van der Waals surface area contributed by atoms with E-state index in [1.165, 1.54) is 6.07 Å². The smallest absolute Gasteiger partial charge is 0.165 e. The third-order valence-electron chi connectivity index (χ3n) is 4.61. The number of nitrogens with zero attached hydrogens (tertiary/aromatic N) is 1. The number of rotatable bonds is 7. The van der Waals surface area contributed by atoms with Crippen molar-refractivity contribution in [2.75, 3.05) is 20.3 Å². The normalized spacial score (nSPS) is 17.5. The quantitative estimate of drug-likeness (QED) is 0.759. The van der Waals surface area contributed by atoms with Gasteiger partial charge in [-0.3, -0.25) is 4.90 Å². The average Bonchev–Trinajstić information content (AvgIpc) is 2.55. The van der Waals surface area contributed by atoms with Crippen LogP contribution in [0.2, 0.25) is 0 Å². The maximum atomic E-state index is 14.0. The second-order valence-corrected chi connectivity index (χ2v) is 5.93. The molecule has 1 heterocycles. The molecule has 0 amide bonds. The van der Waals surface area contributed by atoms with E-state index in [4.69, 9.17) is 9.47 Å². The Kier molecular flexibility index (Phi) is 6.07. The van der Waals surface area contributed by atoms with Crippen LogP contribution in [-0.4, -0.2) is 37.2 Å². The van der Waals surface area contributed by atoms with Crippen molar-refractivity contribution >= 4 is 0 Å². The first-order valence-corrected chi connectivity index (χ1v) is 8.40. The summed E-state index contributed by atoms with van der Waals surface area (Å²) in [6.45, 7) is 8.26. The van der Waals surface area contributed by atoms with Gasteiger partial charge in [-0.2, -0.15) is 0 Å². The molecule has 0 spiro atoms. The van der Waals surface area contributed by atoms with Gasteiger partial charge < -0.3 is 9.47 Å². The largest absolute Gasteiger partial charge is 0.496 e. The summed E-state index contributed by atoms with van der Waals surface area (Å²) in [6.07, 6.45) is 4.15. The highest BCUT2D eigenvalue weighted by atomic mass is 19.1. The van der Waals surface area contributed by atoms with Gasteiger partial charge in [0.15, 0.2) is 11.6 Å². The predicted molar refractivity (Wildman–Crippen MR) is 87.3 cm³/mol. The highest BCUT2D eigenvalue weighted by Crippen LogP contribution is 2.36. The third-order valence-corrected chi connectivity index (χ3v) is 4.61. The fourth-order valence-corrected chi connectivity index (χ4v) is 3.49. The van der Waals surface area contributed by atoms with Gasteiger partial charge in [-0.1, -0.05) is 20.8 Å². The van der Waals surface area contributed by atoms with E-state index >= 15 is 0 Å². The van der Waals surface area contributed by atoms with Crippen molar-refractivity contribution in [3.05, 3.63) is 23.5 Å². The van der Waals surface area contributed by atoms with Gasteiger partial charge in [0, 0.05) is 17.6 Å². The van der Waals surface area contributed by atoms with Crippen molar-refractivity contribution in [3.63, 3.8) is 0 Å². The summed E-state index contributed by atoms with van der Waals surface area (Å²) >= 11 is 0. The fraction of sp³-hybridized carbons (Fsp3) is 0.667. The summed E-state index contributed by atoms with van der Waals surface area (Å²) in [5, 5.41) is 0. The van der Waals surface area contributed by atoms with Crippen LogP contribution in [0.5, 0.6) is 11.5 Å². The number of hydrogen-bond donors (Lipinski definition) is 0. The first-order chi connectivity index (χ1) is 10.7. The molecule has 3 nitrogen and oxygen atoms in total. The Morgan fingerprint density at radius 2 is 2.05 bits per heavy atom. The second-order valence-electron chi connectivity index (χ2n) is 5.93. The van der Waals surface area contributed by atoms with Crippen molar-refractivity contribution in [3.8, 4) is 11.5 Å². The zero-order valence-electron chi connectivity index (χ0n) is 14.2. The Hall–Kier alpha value is -1.29. The number of methoxy groups -OCH3 is 1. The SMILES string of the molecule is CCCN(C(CC)CC)[C@H]1COc2c(F)ccc(OC)c2C1. The molecule has 124 valence electrons. The number of ether oxygens (including phenoxy) is 2. The lowest BCUT2D eigenvalue weighted by atomic mass is 9.97. The summed E-state index contributed by atoms with van der Waals surface area (Å²) in [6, 6.07) is 3.95. The van der Waals surface area contributed by atoms with Crippen LogP contribution in [0.3, 0.4) is 0 Å². The Morgan fingerprint density at radius 1 is 1.32 bits per heavy atom. The van der Waals surface area contributed by atoms with Crippen LogP contribution in [-0.2, 0) is 6.42 Å². The van der Waals surface area contributed by atoms with Gasteiger partial charge in [-0.15, -0.1) is 0 Å². The minimum Gasteiger partial charge on any atom is -0.496 e. The fourth-order valence-electron chi connectivity index (χ4n) is 3.49. The van der Waals surface area contributed by atoms with Gasteiger partial charge in [-0.05, 0) is 44.4 Å². The van der Waals surface area contributed by atoms with Crippen molar-refractivity contribution in [1.29, 1.82) is 0 Å². The summed E-state index contributed by atoms with van der Waals surface area (Å²) in [7, 11) is 1.63. The number of halogens is 1. The molecule has 0 radical (unpaired) electrons. The molecule has 1 aliphatic heterocycles. The maximum absolute atomic E-state index is 14.0. The molecule has 1 aromatic carbocycles. The Morgan fingerprint density at radius 3 is 2.64 bits per heavy atom. The van der Waals surface area contributed by atoms with Gasteiger partial charge in [-0.25, -0.2) is 4.39 Å². The van der Waals surface area contributed by atoms with Crippen molar-refractivity contribution < 1.29 is 13.9 Å². The summed E-state index contributed by atoms with van der Waals surface area (Å²) in [4.78, 5) is 2.54. The second kappa shape index (κ2) is 7.82. The predicted octanol–water partition coefficient (Wildman–Crippen LogP) is 4.04. The first-order valence-electron chi connectivity index (χ1n) is 8.40. The molecular formula is C18H28FNO2. The number of benzene rings is 1. The monoisotopic (exact) mass is 309 g/mol. The van der Waals surface area contributed by atoms with Crippen molar-refractivity contribution in [2.24, 2.45) is 0 Å². The van der Waals surface area contributed by atoms with E-state index in [2.05, 4.69) is 25.7 Å². The standard InChI is InChI=1S/C18H28FNO2/c1-5-10-20(13(6-2)7-3)14-11-15-17(21-4)9-8-16(19)18(15)22-12-14/h8-9,13-14H,5-7,10-12H2,1-4H3/t14-/m1/s1. The highest BCUT2D eigenvalue weighted by Gasteiger charge is 2.31. The van der Waals surface area contributed by atoms with Crippen LogP contribution in [0.1, 0.15) is 45.6 Å². The van der Waals surface area contributed by atoms with Crippen molar-refractivity contribution in [1.82, 2.24) is 4.90 Å². The van der Waals surface area contributed by atoms with Gasteiger partial charge in [0.2, 0.25) is 0 Å².